The number of nitrogens with one attached hydrogen (secondary N) is 1. The van der Waals surface area contributed by atoms with Crippen molar-refractivity contribution in [1.29, 1.82) is 0 Å². The Kier molecular flexibility index (Phi) is 7.47. The first-order valence-electron chi connectivity index (χ1n) is 5.94. The number of carbonyl (C=O) groups excluding carboxylic acids is 1. The SMILES string of the molecule is COCC(O)CCNC(=O)COc1ccc(Br)cc1. The molecule has 1 unspecified atom stereocenters. The van der Waals surface area contributed by atoms with Crippen LogP contribution in [0.5, 0.6) is 5.75 Å². The Bertz CT molecular complexity index is 383. The van der Waals surface area contributed by atoms with Crippen molar-refractivity contribution in [3.8, 4) is 5.75 Å². The third kappa shape index (κ3) is 7.15. The standard InChI is InChI=1S/C13H18BrNO4/c1-18-8-11(16)6-7-15-13(17)9-19-12-4-2-10(14)3-5-12/h2-5,11,16H,6-9H2,1H3,(H,15,17). The van der Waals surface area contributed by atoms with Gasteiger partial charge in [0.25, 0.3) is 5.91 Å². The monoisotopic (exact) mass is 331 g/mol. The molecule has 0 spiro atoms. The van der Waals surface area contributed by atoms with Gasteiger partial charge in [-0.3, -0.25) is 4.79 Å². The summed E-state index contributed by atoms with van der Waals surface area (Å²) in [5.74, 6) is 0.422. The molecule has 5 nitrogen and oxygen atoms in total. The van der Waals surface area contributed by atoms with Crippen molar-refractivity contribution in [1.82, 2.24) is 5.32 Å². The molecule has 1 atom stereocenters. The maximum atomic E-state index is 11.5. The molecule has 6 heteroatoms. The van der Waals surface area contributed by atoms with E-state index in [0.717, 1.165) is 4.47 Å². The second kappa shape index (κ2) is 8.90. The molecule has 0 aliphatic heterocycles. The minimum atomic E-state index is -0.558. The van der Waals surface area contributed by atoms with Crippen LogP contribution in [-0.2, 0) is 9.53 Å². The molecule has 0 aliphatic carbocycles. The average Bonchev–Trinajstić information content (AvgIpc) is 2.38. The van der Waals surface area contributed by atoms with Gasteiger partial charge in [-0.1, -0.05) is 15.9 Å². The summed E-state index contributed by atoms with van der Waals surface area (Å²) in [5.41, 5.74) is 0. The van der Waals surface area contributed by atoms with Crippen LogP contribution < -0.4 is 10.1 Å². The van der Waals surface area contributed by atoms with Gasteiger partial charge in [-0.2, -0.15) is 0 Å². The van der Waals surface area contributed by atoms with E-state index >= 15 is 0 Å². The van der Waals surface area contributed by atoms with E-state index in [1.54, 1.807) is 12.1 Å². The van der Waals surface area contributed by atoms with Crippen molar-refractivity contribution in [2.45, 2.75) is 12.5 Å². The highest BCUT2D eigenvalue weighted by Gasteiger charge is 2.06. The number of aliphatic hydroxyl groups is 1. The van der Waals surface area contributed by atoms with E-state index in [-0.39, 0.29) is 19.1 Å². The highest BCUT2D eigenvalue weighted by molar-refractivity contribution is 9.10. The van der Waals surface area contributed by atoms with Crippen LogP contribution in [0.15, 0.2) is 28.7 Å². The zero-order valence-electron chi connectivity index (χ0n) is 10.8. The molecule has 0 aliphatic rings. The van der Waals surface area contributed by atoms with Crippen LogP contribution in [0.25, 0.3) is 0 Å². The summed E-state index contributed by atoms with van der Waals surface area (Å²) >= 11 is 3.32. The molecule has 0 bridgehead atoms. The van der Waals surface area contributed by atoms with E-state index in [1.165, 1.54) is 7.11 Å². The van der Waals surface area contributed by atoms with Crippen LogP contribution in [0.4, 0.5) is 0 Å². The van der Waals surface area contributed by atoms with Crippen molar-refractivity contribution < 1.29 is 19.4 Å². The number of methoxy groups -OCH3 is 1. The van der Waals surface area contributed by atoms with Gasteiger partial charge in [-0.25, -0.2) is 0 Å². The van der Waals surface area contributed by atoms with Crippen LogP contribution in [0.3, 0.4) is 0 Å². The fourth-order valence-corrected chi connectivity index (χ4v) is 1.65. The Morgan fingerprint density at radius 1 is 1.42 bits per heavy atom. The van der Waals surface area contributed by atoms with Crippen molar-refractivity contribution >= 4 is 21.8 Å². The van der Waals surface area contributed by atoms with Crippen molar-refractivity contribution in [2.24, 2.45) is 0 Å². The summed E-state index contributed by atoms with van der Waals surface area (Å²) in [7, 11) is 1.52. The summed E-state index contributed by atoms with van der Waals surface area (Å²) in [6, 6.07) is 7.24. The number of rotatable bonds is 8. The van der Waals surface area contributed by atoms with Gasteiger partial charge in [0.05, 0.1) is 12.7 Å². The van der Waals surface area contributed by atoms with Gasteiger partial charge >= 0.3 is 0 Å². The summed E-state index contributed by atoms with van der Waals surface area (Å²) < 4.78 is 11.0. The number of hydrogen-bond acceptors (Lipinski definition) is 4. The van der Waals surface area contributed by atoms with Crippen LogP contribution in [0.2, 0.25) is 0 Å². The Labute approximate surface area is 121 Å². The average molecular weight is 332 g/mol. The lowest BCUT2D eigenvalue weighted by Crippen LogP contribution is -2.32. The molecule has 0 radical (unpaired) electrons. The van der Waals surface area contributed by atoms with Crippen molar-refractivity contribution in [3.05, 3.63) is 28.7 Å². The van der Waals surface area contributed by atoms with E-state index in [1.807, 2.05) is 12.1 Å². The molecule has 0 saturated carbocycles. The topological polar surface area (TPSA) is 67.8 Å². The summed E-state index contributed by atoms with van der Waals surface area (Å²) in [5, 5.41) is 12.0. The summed E-state index contributed by atoms with van der Waals surface area (Å²) in [6.07, 6.45) is -0.101. The van der Waals surface area contributed by atoms with Gasteiger partial charge in [0.2, 0.25) is 0 Å². The third-order valence-corrected chi connectivity index (χ3v) is 2.87. The first kappa shape index (κ1) is 15.9. The van der Waals surface area contributed by atoms with E-state index in [9.17, 15) is 9.90 Å². The van der Waals surface area contributed by atoms with E-state index in [2.05, 4.69) is 21.2 Å². The third-order valence-electron chi connectivity index (χ3n) is 2.34. The lowest BCUT2D eigenvalue weighted by atomic mass is 10.2. The number of amides is 1. The van der Waals surface area contributed by atoms with E-state index in [4.69, 9.17) is 9.47 Å². The highest BCUT2D eigenvalue weighted by Crippen LogP contribution is 2.15. The Morgan fingerprint density at radius 2 is 2.11 bits per heavy atom. The Balaban J connectivity index is 2.16. The molecule has 1 rings (SSSR count). The maximum Gasteiger partial charge on any atom is 0.257 e. The fraction of sp³-hybridized carbons (Fsp3) is 0.462. The van der Waals surface area contributed by atoms with Crippen LogP contribution in [0.1, 0.15) is 6.42 Å². The molecule has 1 aromatic carbocycles. The van der Waals surface area contributed by atoms with Gasteiger partial charge in [-0.05, 0) is 30.7 Å². The first-order valence-corrected chi connectivity index (χ1v) is 6.73. The predicted octanol–water partition coefficient (Wildman–Crippen LogP) is 1.34. The lowest BCUT2D eigenvalue weighted by molar-refractivity contribution is -0.123. The number of carbonyl (C=O) groups is 1. The van der Waals surface area contributed by atoms with Gasteiger partial charge in [0.15, 0.2) is 6.61 Å². The molecule has 106 valence electrons. The van der Waals surface area contributed by atoms with Gasteiger partial charge in [0, 0.05) is 18.1 Å². The quantitative estimate of drug-likeness (QED) is 0.754. The number of ether oxygens (including phenoxy) is 2. The number of aliphatic hydroxyl groups excluding tert-OH is 1. The maximum absolute atomic E-state index is 11.5. The fourth-order valence-electron chi connectivity index (χ4n) is 1.38. The van der Waals surface area contributed by atoms with Gasteiger partial charge < -0.3 is 19.9 Å². The zero-order chi connectivity index (χ0) is 14.1. The summed E-state index contributed by atoms with van der Waals surface area (Å²) in [6.45, 7) is 0.625. The molecular weight excluding hydrogens is 314 g/mol. The number of halogens is 1. The summed E-state index contributed by atoms with van der Waals surface area (Å²) in [4.78, 5) is 11.5. The van der Waals surface area contributed by atoms with Crippen molar-refractivity contribution in [3.63, 3.8) is 0 Å². The predicted molar refractivity (Wildman–Crippen MR) is 75.1 cm³/mol. The minimum Gasteiger partial charge on any atom is -0.484 e. The van der Waals surface area contributed by atoms with Crippen LogP contribution >= 0.6 is 15.9 Å². The smallest absolute Gasteiger partial charge is 0.257 e. The molecule has 0 fully saturated rings. The van der Waals surface area contributed by atoms with Crippen LogP contribution in [-0.4, -0.2) is 44.0 Å². The molecule has 0 saturated heterocycles. The highest BCUT2D eigenvalue weighted by atomic mass is 79.9. The molecule has 19 heavy (non-hydrogen) atoms. The van der Waals surface area contributed by atoms with E-state index < -0.39 is 6.10 Å². The largest absolute Gasteiger partial charge is 0.484 e. The molecule has 1 aromatic rings. The molecule has 0 aromatic heterocycles. The Morgan fingerprint density at radius 3 is 2.74 bits per heavy atom. The zero-order valence-corrected chi connectivity index (χ0v) is 12.4. The minimum absolute atomic E-state index is 0.0397. The van der Waals surface area contributed by atoms with Gasteiger partial charge in [-0.15, -0.1) is 0 Å². The molecule has 2 N–H and O–H groups in total. The number of benzene rings is 1. The lowest BCUT2D eigenvalue weighted by Gasteiger charge is -2.10. The van der Waals surface area contributed by atoms with Gasteiger partial charge in [0.1, 0.15) is 5.75 Å². The van der Waals surface area contributed by atoms with E-state index in [0.29, 0.717) is 18.7 Å². The molecule has 1 amide bonds. The first-order chi connectivity index (χ1) is 9.11. The normalized spacial score (nSPS) is 11.9. The second-order valence-corrected chi connectivity index (χ2v) is 4.91. The molecule has 0 heterocycles. The Hall–Kier alpha value is -1.11. The van der Waals surface area contributed by atoms with Crippen molar-refractivity contribution in [2.75, 3.05) is 26.9 Å². The van der Waals surface area contributed by atoms with Crippen LogP contribution in [0, 0.1) is 0 Å². The second-order valence-electron chi connectivity index (χ2n) is 3.99. The number of hydrogen-bond donors (Lipinski definition) is 2. The molecular formula is C13H18BrNO4.